The summed E-state index contributed by atoms with van der Waals surface area (Å²) in [5.74, 6) is 2.53. The van der Waals surface area contributed by atoms with Gasteiger partial charge in [0.15, 0.2) is 0 Å². The highest BCUT2D eigenvalue weighted by Crippen LogP contribution is 2.39. The number of hydrogen-bond acceptors (Lipinski definition) is 7. The standard InChI is InChI=1S/C25H30N4O3S/c1-5-31-21-11-18-10-14(2)32-20(18)12-19(21)28-24(30)17-6-8-29(9-7-17)23-22-15(3)16(4)33-25(22)27-13-26-23/h11-14,17H,5-10H2,1-4H3,(H,28,30). The van der Waals surface area contributed by atoms with Gasteiger partial charge in [0.05, 0.1) is 17.7 Å². The molecule has 1 amide bonds. The molecule has 0 bridgehead atoms. The summed E-state index contributed by atoms with van der Waals surface area (Å²) in [7, 11) is 0. The van der Waals surface area contributed by atoms with E-state index in [-0.39, 0.29) is 17.9 Å². The van der Waals surface area contributed by atoms with Crippen molar-refractivity contribution in [3.63, 3.8) is 0 Å². The number of anilines is 2. The maximum Gasteiger partial charge on any atom is 0.227 e. The van der Waals surface area contributed by atoms with Crippen molar-refractivity contribution in [2.45, 2.75) is 53.1 Å². The minimum atomic E-state index is -0.0496. The number of aryl methyl sites for hydroxylation is 2. The molecular formula is C25H30N4O3S. The Kier molecular flexibility index (Phi) is 5.86. The zero-order valence-electron chi connectivity index (χ0n) is 19.6. The smallest absolute Gasteiger partial charge is 0.227 e. The van der Waals surface area contributed by atoms with Crippen molar-refractivity contribution in [1.82, 2.24) is 9.97 Å². The van der Waals surface area contributed by atoms with Crippen molar-refractivity contribution < 1.29 is 14.3 Å². The molecule has 1 saturated heterocycles. The Hall–Kier alpha value is -2.87. The van der Waals surface area contributed by atoms with Gasteiger partial charge in [0, 0.05) is 41.9 Å². The first-order valence-corrected chi connectivity index (χ1v) is 12.5. The van der Waals surface area contributed by atoms with E-state index in [0.717, 1.165) is 59.7 Å². The van der Waals surface area contributed by atoms with E-state index >= 15 is 0 Å². The summed E-state index contributed by atoms with van der Waals surface area (Å²) in [4.78, 5) is 26.8. The summed E-state index contributed by atoms with van der Waals surface area (Å²) in [6.45, 7) is 10.4. The third kappa shape index (κ3) is 4.12. The maximum absolute atomic E-state index is 13.2. The summed E-state index contributed by atoms with van der Waals surface area (Å²) in [6, 6.07) is 3.92. The first-order chi connectivity index (χ1) is 15.9. The molecule has 0 aliphatic carbocycles. The van der Waals surface area contributed by atoms with Crippen LogP contribution in [0.4, 0.5) is 11.5 Å². The first kappa shape index (κ1) is 21.9. The number of piperidine rings is 1. The van der Waals surface area contributed by atoms with Crippen LogP contribution in [-0.2, 0) is 11.2 Å². The highest BCUT2D eigenvalue weighted by atomic mass is 32.1. The number of fused-ring (bicyclic) bond motifs is 2. The Bertz CT molecular complexity index is 1200. The zero-order valence-corrected chi connectivity index (χ0v) is 20.4. The van der Waals surface area contributed by atoms with Crippen molar-refractivity contribution in [1.29, 1.82) is 0 Å². The highest BCUT2D eigenvalue weighted by Gasteiger charge is 2.29. The average molecular weight is 467 g/mol. The second-order valence-electron chi connectivity index (χ2n) is 8.93. The number of amides is 1. The number of aromatic nitrogens is 2. The monoisotopic (exact) mass is 466 g/mol. The molecule has 1 unspecified atom stereocenters. The van der Waals surface area contributed by atoms with Crippen LogP contribution < -0.4 is 19.7 Å². The largest absolute Gasteiger partial charge is 0.492 e. The van der Waals surface area contributed by atoms with Crippen molar-refractivity contribution in [3.8, 4) is 11.5 Å². The minimum Gasteiger partial charge on any atom is -0.492 e. The van der Waals surface area contributed by atoms with Crippen LogP contribution in [0.5, 0.6) is 11.5 Å². The van der Waals surface area contributed by atoms with Crippen LogP contribution in [0.3, 0.4) is 0 Å². The SMILES string of the molecule is CCOc1cc2c(cc1NC(=O)C1CCN(c3ncnc4sc(C)c(C)c34)CC1)OC(C)C2. The molecule has 0 radical (unpaired) electrons. The molecule has 33 heavy (non-hydrogen) atoms. The molecule has 1 aromatic carbocycles. The van der Waals surface area contributed by atoms with E-state index in [1.54, 1.807) is 17.7 Å². The van der Waals surface area contributed by atoms with Crippen LogP contribution in [0.25, 0.3) is 10.2 Å². The van der Waals surface area contributed by atoms with Crippen LogP contribution in [0.15, 0.2) is 18.5 Å². The average Bonchev–Trinajstić information content (AvgIpc) is 3.31. The van der Waals surface area contributed by atoms with E-state index < -0.39 is 0 Å². The van der Waals surface area contributed by atoms with Crippen LogP contribution in [0.2, 0.25) is 0 Å². The molecule has 0 saturated carbocycles. The predicted molar refractivity (Wildman–Crippen MR) is 132 cm³/mol. The Morgan fingerprint density at radius 3 is 2.82 bits per heavy atom. The Balaban J connectivity index is 1.29. The first-order valence-electron chi connectivity index (χ1n) is 11.7. The summed E-state index contributed by atoms with van der Waals surface area (Å²) in [6.07, 6.45) is 4.22. The molecule has 2 aliphatic heterocycles. The third-order valence-electron chi connectivity index (χ3n) is 6.67. The van der Waals surface area contributed by atoms with Crippen LogP contribution >= 0.6 is 11.3 Å². The molecule has 1 N–H and O–H groups in total. The van der Waals surface area contributed by atoms with Gasteiger partial charge < -0.3 is 19.7 Å². The van der Waals surface area contributed by atoms with Crippen molar-refractivity contribution in [3.05, 3.63) is 34.5 Å². The van der Waals surface area contributed by atoms with Gasteiger partial charge in [-0.2, -0.15) is 0 Å². The quantitative estimate of drug-likeness (QED) is 0.577. The topological polar surface area (TPSA) is 76.6 Å². The molecule has 2 aliphatic rings. The summed E-state index contributed by atoms with van der Waals surface area (Å²) in [5, 5.41) is 4.27. The molecule has 5 rings (SSSR count). The molecule has 1 atom stereocenters. The molecule has 3 aromatic rings. The van der Waals surface area contributed by atoms with Crippen molar-refractivity contribution >= 4 is 39.0 Å². The summed E-state index contributed by atoms with van der Waals surface area (Å²) < 4.78 is 11.7. The predicted octanol–water partition coefficient (Wildman–Crippen LogP) is 4.89. The number of rotatable bonds is 5. The second-order valence-corrected chi connectivity index (χ2v) is 10.1. The lowest BCUT2D eigenvalue weighted by Crippen LogP contribution is -2.38. The maximum atomic E-state index is 13.2. The van der Waals surface area contributed by atoms with E-state index in [1.807, 2.05) is 19.1 Å². The second kappa shape index (κ2) is 8.82. The van der Waals surface area contributed by atoms with Crippen LogP contribution in [0, 0.1) is 19.8 Å². The van der Waals surface area contributed by atoms with Gasteiger partial charge in [0.1, 0.15) is 34.6 Å². The zero-order chi connectivity index (χ0) is 23.1. The fraction of sp³-hybridized carbons (Fsp3) is 0.480. The molecule has 0 spiro atoms. The number of hydrogen-bond donors (Lipinski definition) is 1. The van der Waals surface area contributed by atoms with Gasteiger partial charge in [-0.3, -0.25) is 4.79 Å². The number of nitrogens with one attached hydrogen (secondary N) is 1. The minimum absolute atomic E-state index is 0.0389. The van der Waals surface area contributed by atoms with Gasteiger partial charge in [-0.05, 0) is 52.2 Å². The number of carbonyl (C=O) groups is 1. The van der Waals surface area contributed by atoms with Gasteiger partial charge in [-0.15, -0.1) is 11.3 Å². The van der Waals surface area contributed by atoms with Crippen LogP contribution in [0.1, 0.15) is 42.7 Å². The number of thiophene rings is 1. The van der Waals surface area contributed by atoms with Gasteiger partial charge in [-0.25, -0.2) is 9.97 Å². The van der Waals surface area contributed by atoms with Crippen molar-refractivity contribution in [2.75, 3.05) is 29.9 Å². The van der Waals surface area contributed by atoms with Crippen molar-refractivity contribution in [2.24, 2.45) is 5.92 Å². The molecule has 7 nitrogen and oxygen atoms in total. The Labute approximate surface area is 198 Å². The number of carbonyl (C=O) groups excluding carboxylic acids is 1. The van der Waals surface area contributed by atoms with E-state index in [0.29, 0.717) is 18.0 Å². The van der Waals surface area contributed by atoms with Gasteiger partial charge in [0.2, 0.25) is 5.91 Å². The number of nitrogens with zero attached hydrogens (tertiary/aromatic N) is 3. The van der Waals surface area contributed by atoms with Gasteiger partial charge in [-0.1, -0.05) is 0 Å². The highest BCUT2D eigenvalue weighted by molar-refractivity contribution is 7.18. The number of benzene rings is 1. The lowest BCUT2D eigenvalue weighted by atomic mass is 9.95. The fourth-order valence-electron chi connectivity index (χ4n) is 4.80. The lowest BCUT2D eigenvalue weighted by Gasteiger charge is -2.32. The third-order valence-corrected chi connectivity index (χ3v) is 7.78. The molecular weight excluding hydrogens is 436 g/mol. The molecule has 174 valence electrons. The summed E-state index contributed by atoms with van der Waals surface area (Å²) >= 11 is 1.71. The van der Waals surface area contributed by atoms with Gasteiger partial charge in [0.25, 0.3) is 0 Å². The molecule has 2 aromatic heterocycles. The van der Waals surface area contributed by atoms with E-state index in [1.165, 1.54) is 10.4 Å². The molecule has 8 heteroatoms. The molecule has 4 heterocycles. The Morgan fingerprint density at radius 1 is 1.27 bits per heavy atom. The Morgan fingerprint density at radius 2 is 2.06 bits per heavy atom. The lowest BCUT2D eigenvalue weighted by molar-refractivity contribution is -0.120. The molecule has 1 fully saturated rings. The van der Waals surface area contributed by atoms with Gasteiger partial charge >= 0.3 is 0 Å². The van der Waals surface area contributed by atoms with Crippen LogP contribution in [-0.4, -0.2) is 41.7 Å². The van der Waals surface area contributed by atoms with E-state index in [2.05, 4.69) is 41.0 Å². The fourth-order valence-corrected chi connectivity index (χ4v) is 5.80. The summed E-state index contributed by atoms with van der Waals surface area (Å²) in [5.41, 5.74) is 3.08. The number of ether oxygens (including phenoxy) is 2. The normalized spacial score (nSPS) is 18.3. The van der Waals surface area contributed by atoms with E-state index in [4.69, 9.17) is 9.47 Å². The van der Waals surface area contributed by atoms with E-state index in [9.17, 15) is 4.79 Å².